The van der Waals surface area contributed by atoms with Gasteiger partial charge in [-0.25, -0.2) is 0 Å². The van der Waals surface area contributed by atoms with Crippen LogP contribution in [0.3, 0.4) is 0 Å². The van der Waals surface area contributed by atoms with Crippen LogP contribution in [0.25, 0.3) is 6.08 Å². The molecule has 0 radical (unpaired) electrons. The van der Waals surface area contributed by atoms with Crippen molar-refractivity contribution in [3.05, 3.63) is 70.8 Å². The van der Waals surface area contributed by atoms with Gasteiger partial charge in [-0.05, 0) is 35.4 Å². The minimum Gasteiger partial charge on any atom is -0.435 e. The summed E-state index contributed by atoms with van der Waals surface area (Å²) in [6.45, 7) is 0.780. The number of amides is 1. The molecule has 0 aromatic heterocycles. The predicted molar refractivity (Wildman–Crippen MR) is 105 cm³/mol. The Morgan fingerprint density at radius 1 is 1.07 bits per heavy atom. The van der Waals surface area contributed by atoms with Gasteiger partial charge in [0, 0.05) is 43.8 Å². The lowest BCUT2D eigenvalue weighted by Crippen LogP contribution is -2.47. The van der Waals surface area contributed by atoms with Gasteiger partial charge in [0.05, 0.1) is 0 Å². The number of ether oxygens (including phenoxy) is 1. The molecule has 2 aromatic rings. The van der Waals surface area contributed by atoms with Crippen LogP contribution < -0.4 is 4.74 Å². The molecule has 0 unspecified atom stereocenters. The van der Waals surface area contributed by atoms with E-state index in [1.165, 1.54) is 18.2 Å². The summed E-state index contributed by atoms with van der Waals surface area (Å²) in [5.74, 6) is 0.0263. The average Bonchev–Trinajstić information content (AvgIpc) is 2.69. The maximum Gasteiger partial charge on any atom is 0.387 e. The largest absolute Gasteiger partial charge is 0.435 e. The van der Waals surface area contributed by atoms with Gasteiger partial charge in [-0.2, -0.15) is 8.78 Å². The number of piperazine rings is 1. The van der Waals surface area contributed by atoms with Gasteiger partial charge in [0.1, 0.15) is 5.75 Å². The van der Waals surface area contributed by atoms with Crippen LogP contribution in [-0.4, -0.2) is 48.5 Å². The number of hydrogen-bond acceptors (Lipinski definition) is 3. The molecule has 1 aliphatic rings. The molecule has 0 atom stereocenters. The SMILES string of the molecule is O=C(/C=C\c1ccc(OC(F)F)cc1)N1CCN(Cc2ccccc2Cl)CC1. The van der Waals surface area contributed by atoms with Crippen molar-refractivity contribution in [3.63, 3.8) is 0 Å². The van der Waals surface area contributed by atoms with E-state index in [0.29, 0.717) is 13.1 Å². The van der Waals surface area contributed by atoms with Gasteiger partial charge in [0.15, 0.2) is 0 Å². The molecule has 7 heteroatoms. The maximum absolute atomic E-state index is 12.4. The van der Waals surface area contributed by atoms with Crippen molar-refractivity contribution < 1.29 is 18.3 Å². The van der Waals surface area contributed by atoms with Crippen molar-refractivity contribution in [1.82, 2.24) is 9.80 Å². The highest BCUT2D eigenvalue weighted by atomic mass is 35.5. The van der Waals surface area contributed by atoms with Crippen LogP contribution in [-0.2, 0) is 11.3 Å². The first kappa shape index (κ1) is 20.3. The summed E-state index contributed by atoms with van der Waals surface area (Å²) in [6, 6.07) is 13.9. The molecule has 28 heavy (non-hydrogen) atoms. The molecule has 2 aromatic carbocycles. The topological polar surface area (TPSA) is 32.8 Å². The molecular formula is C21H21ClF2N2O2. The van der Waals surface area contributed by atoms with E-state index in [2.05, 4.69) is 9.64 Å². The molecule has 1 heterocycles. The highest BCUT2D eigenvalue weighted by Crippen LogP contribution is 2.18. The van der Waals surface area contributed by atoms with E-state index in [1.807, 2.05) is 24.3 Å². The van der Waals surface area contributed by atoms with Crippen molar-refractivity contribution in [2.24, 2.45) is 0 Å². The van der Waals surface area contributed by atoms with Gasteiger partial charge in [-0.15, -0.1) is 0 Å². The lowest BCUT2D eigenvalue weighted by Gasteiger charge is -2.34. The monoisotopic (exact) mass is 406 g/mol. The first-order valence-electron chi connectivity index (χ1n) is 8.99. The third-order valence-electron chi connectivity index (χ3n) is 4.56. The molecule has 1 aliphatic heterocycles. The number of carbonyl (C=O) groups is 1. The molecule has 1 fully saturated rings. The first-order chi connectivity index (χ1) is 13.5. The molecule has 0 saturated carbocycles. The molecule has 4 nitrogen and oxygen atoms in total. The van der Waals surface area contributed by atoms with Crippen molar-refractivity contribution >= 4 is 23.6 Å². The van der Waals surface area contributed by atoms with Crippen LogP contribution in [0.1, 0.15) is 11.1 Å². The zero-order chi connectivity index (χ0) is 19.9. The Bertz CT molecular complexity index is 819. The van der Waals surface area contributed by atoms with Gasteiger partial charge in [-0.3, -0.25) is 9.69 Å². The standard InChI is InChI=1S/C21H21ClF2N2O2/c22-19-4-2-1-3-17(19)15-25-11-13-26(14-12-25)20(27)10-7-16-5-8-18(9-6-16)28-21(23)24/h1-10,21H,11-15H2/b10-7-. The molecule has 0 N–H and O–H groups in total. The van der Waals surface area contributed by atoms with Crippen LogP contribution in [0.5, 0.6) is 5.75 Å². The van der Waals surface area contributed by atoms with Crippen LogP contribution in [0.4, 0.5) is 8.78 Å². The number of nitrogens with zero attached hydrogens (tertiary/aromatic N) is 2. The number of hydrogen-bond donors (Lipinski definition) is 0. The van der Waals surface area contributed by atoms with E-state index >= 15 is 0 Å². The second-order valence-electron chi connectivity index (χ2n) is 6.47. The van der Waals surface area contributed by atoms with Crippen molar-refractivity contribution in [1.29, 1.82) is 0 Å². The average molecular weight is 407 g/mol. The number of rotatable bonds is 6. The fraction of sp³-hybridized carbons (Fsp3) is 0.286. The fourth-order valence-corrected chi connectivity index (χ4v) is 3.22. The zero-order valence-electron chi connectivity index (χ0n) is 15.2. The Morgan fingerprint density at radius 2 is 1.75 bits per heavy atom. The van der Waals surface area contributed by atoms with E-state index in [-0.39, 0.29) is 11.7 Å². The predicted octanol–water partition coefficient (Wildman–Crippen LogP) is 4.30. The van der Waals surface area contributed by atoms with Gasteiger partial charge in [-0.1, -0.05) is 41.9 Å². The Balaban J connectivity index is 1.48. The van der Waals surface area contributed by atoms with Crippen molar-refractivity contribution in [3.8, 4) is 5.75 Å². The minimum atomic E-state index is -2.85. The Kier molecular flexibility index (Phi) is 7.01. The third kappa shape index (κ3) is 5.78. The van der Waals surface area contributed by atoms with Crippen LogP contribution in [0.2, 0.25) is 5.02 Å². The Morgan fingerprint density at radius 3 is 2.39 bits per heavy atom. The number of alkyl halides is 2. The van der Waals surface area contributed by atoms with Crippen molar-refractivity contribution in [2.75, 3.05) is 26.2 Å². The first-order valence-corrected chi connectivity index (χ1v) is 9.37. The molecule has 1 amide bonds. The molecule has 0 aliphatic carbocycles. The molecule has 0 bridgehead atoms. The molecule has 3 rings (SSSR count). The third-order valence-corrected chi connectivity index (χ3v) is 4.93. The number of carbonyl (C=O) groups excluding carboxylic acids is 1. The quantitative estimate of drug-likeness (QED) is 0.670. The molecule has 0 spiro atoms. The van der Waals surface area contributed by atoms with Crippen molar-refractivity contribution in [2.45, 2.75) is 13.2 Å². The highest BCUT2D eigenvalue weighted by molar-refractivity contribution is 6.31. The summed E-state index contributed by atoms with van der Waals surface area (Å²) < 4.78 is 28.6. The summed E-state index contributed by atoms with van der Waals surface area (Å²) in [7, 11) is 0. The molecular weight excluding hydrogens is 386 g/mol. The normalized spacial score (nSPS) is 15.4. The second kappa shape index (κ2) is 9.66. The van der Waals surface area contributed by atoms with E-state index in [1.54, 1.807) is 23.1 Å². The summed E-state index contributed by atoms with van der Waals surface area (Å²) >= 11 is 6.21. The smallest absolute Gasteiger partial charge is 0.387 e. The molecule has 1 saturated heterocycles. The van der Waals surface area contributed by atoms with Gasteiger partial charge < -0.3 is 9.64 Å². The summed E-state index contributed by atoms with van der Waals surface area (Å²) in [5, 5.41) is 0.758. The van der Waals surface area contributed by atoms with Gasteiger partial charge >= 0.3 is 6.61 Å². The Hall–Kier alpha value is -2.44. The van der Waals surface area contributed by atoms with Gasteiger partial charge in [0.2, 0.25) is 5.91 Å². The fourth-order valence-electron chi connectivity index (χ4n) is 3.03. The number of benzene rings is 2. The van der Waals surface area contributed by atoms with E-state index < -0.39 is 6.61 Å². The van der Waals surface area contributed by atoms with Crippen LogP contribution in [0.15, 0.2) is 54.6 Å². The maximum atomic E-state index is 12.4. The van der Waals surface area contributed by atoms with Crippen LogP contribution >= 0.6 is 11.6 Å². The van der Waals surface area contributed by atoms with E-state index in [4.69, 9.17) is 11.6 Å². The Labute approximate surface area is 168 Å². The molecule has 148 valence electrons. The van der Waals surface area contributed by atoms with E-state index in [9.17, 15) is 13.6 Å². The highest BCUT2D eigenvalue weighted by Gasteiger charge is 2.20. The summed E-state index contributed by atoms with van der Waals surface area (Å²) in [6.07, 6.45) is 3.18. The summed E-state index contributed by atoms with van der Waals surface area (Å²) in [4.78, 5) is 16.5. The number of halogens is 3. The summed E-state index contributed by atoms with van der Waals surface area (Å²) in [5.41, 5.74) is 1.83. The van der Waals surface area contributed by atoms with Gasteiger partial charge in [0.25, 0.3) is 0 Å². The van der Waals surface area contributed by atoms with Crippen LogP contribution in [0, 0.1) is 0 Å². The lowest BCUT2D eigenvalue weighted by atomic mass is 10.2. The zero-order valence-corrected chi connectivity index (χ0v) is 16.0. The van der Waals surface area contributed by atoms with E-state index in [0.717, 1.165) is 35.8 Å². The minimum absolute atomic E-state index is 0.0645. The lowest BCUT2D eigenvalue weighted by molar-refractivity contribution is -0.127. The second-order valence-corrected chi connectivity index (χ2v) is 6.88.